The Labute approximate surface area is 97.0 Å². The number of hydrogen-bond donors (Lipinski definition) is 1. The van der Waals surface area contributed by atoms with E-state index in [4.69, 9.17) is 0 Å². The summed E-state index contributed by atoms with van der Waals surface area (Å²) in [5.74, 6) is 0.898. The smallest absolute Gasteiger partial charge is 0.345 e. The molecule has 0 saturated heterocycles. The van der Waals surface area contributed by atoms with Gasteiger partial charge in [-0.15, -0.1) is 0 Å². The first-order valence-electron chi connectivity index (χ1n) is 5.54. The largest absolute Gasteiger partial charge is 0.361 e. The molecule has 1 N–H and O–H groups in total. The zero-order valence-electron chi connectivity index (χ0n) is 8.81. The Morgan fingerprint density at radius 1 is 1.62 bits per heavy atom. The molecule has 2 saturated carbocycles. The van der Waals surface area contributed by atoms with E-state index in [0.29, 0.717) is 10.5 Å². The normalized spacial score (nSPS) is 21.8. The van der Waals surface area contributed by atoms with E-state index in [-0.39, 0.29) is 5.00 Å². The van der Waals surface area contributed by atoms with Gasteiger partial charge < -0.3 is 5.32 Å². The molecule has 1 aromatic rings. The quantitative estimate of drug-likeness (QED) is 0.633. The molecule has 0 spiro atoms. The molecule has 0 aliphatic heterocycles. The Balaban J connectivity index is 1.59. The maximum absolute atomic E-state index is 10.5. The van der Waals surface area contributed by atoms with E-state index in [2.05, 4.69) is 10.3 Å². The van der Waals surface area contributed by atoms with Crippen molar-refractivity contribution in [1.82, 2.24) is 4.98 Å². The second kappa shape index (κ2) is 3.41. The monoisotopic (exact) mass is 239 g/mol. The molecule has 1 aromatic heterocycles. The van der Waals surface area contributed by atoms with Gasteiger partial charge in [-0.1, -0.05) is 0 Å². The van der Waals surface area contributed by atoms with Gasteiger partial charge in [0.2, 0.25) is 0 Å². The maximum atomic E-state index is 10.5. The molecular formula is C10H13N3O2S. The van der Waals surface area contributed by atoms with E-state index in [9.17, 15) is 10.1 Å². The summed E-state index contributed by atoms with van der Waals surface area (Å²) in [5.41, 5.74) is 0.500. The molecule has 6 heteroatoms. The van der Waals surface area contributed by atoms with Crippen LogP contribution in [-0.4, -0.2) is 16.5 Å². The number of thiazole rings is 1. The van der Waals surface area contributed by atoms with Gasteiger partial charge in [0.1, 0.15) is 6.20 Å². The Morgan fingerprint density at radius 2 is 2.38 bits per heavy atom. The van der Waals surface area contributed by atoms with Gasteiger partial charge in [0.05, 0.1) is 4.92 Å². The predicted molar refractivity (Wildman–Crippen MR) is 61.6 cm³/mol. The fraction of sp³-hybridized carbons (Fsp3) is 0.700. The predicted octanol–water partition coefficient (Wildman–Crippen LogP) is 2.65. The minimum Gasteiger partial charge on any atom is -0.361 e. The van der Waals surface area contributed by atoms with Crippen LogP contribution in [-0.2, 0) is 0 Å². The number of anilines is 1. The molecule has 16 heavy (non-hydrogen) atoms. The van der Waals surface area contributed by atoms with Crippen LogP contribution in [0.15, 0.2) is 6.20 Å². The second-order valence-electron chi connectivity index (χ2n) is 4.75. The zero-order chi connectivity index (χ0) is 11.2. The highest BCUT2D eigenvalue weighted by Crippen LogP contribution is 2.61. The molecule has 5 nitrogen and oxygen atoms in total. The summed E-state index contributed by atoms with van der Waals surface area (Å²) >= 11 is 1.12. The fourth-order valence-electron chi connectivity index (χ4n) is 2.27. The van der Waals surface area contributed by atoms with Crippen LogP contribution in [0.2, 0.25) is 0 Å². The van der Waals surface area contributed by atoms with Crippen LogP contribution in [0.25, 0.3) is 0 Å². The van der Waals surface area contributed by atoms with Crippen molar-refractivity contribution >= 4 is 21.5 Å². The first-order chi connectivity index (χ1) is 7.70. The number of nitrogens with zero attached hydrogens (tertiary/aromatic N) is 2. The van der Waals surface area contributed by atoms with E-state index in [0.717, 1.165) is 23.8 Å². The maximum Gasteiger partial charge on any atom is 0.345 e. The number of hydrogen-bond acceptors (Lipinski definition) is 5. The summed E-state index contributed by atoms with van der Waals surface area (Å²) in [7, 11) is 0. The van der Waals surface area contributed by atoms with Crippen LogP contribution in [0.4, 0.5) is 10.1 Å². The summed E-state index contributed by atoms with van der Waals surface area (Å²) in [6.07, 6.45) is 6.65. The van der Waals surface area contributed by atoms with Crippen LogP contribution in [0, 0.1) is 21.4 Å². The lowest BCUT2D eigenvalue weighted by Crippen LogP contribution is -2.17. The highest BCUT2D eigenvalue weighted by atomic mass is 32.1. The van der Waals surface area contributed by atoms with Crippen LogP contribution in [0.3, 0.4) is 0 Å². The third-order valence-corrected chi connectivity index (χ3v) is 4.51. The lowest BCUT2D eigenvalue weighted by molar-refractivity contribution is -0.380. The van der Waals surface area contributed by atoms with E-state index < -0.39 is 4.92 Å². The molecule has 0 bridgehead atoms. The molecule has 0 atom stereocenters. The van der Waals surface area contributed by atoms with Gasteiger partial charge in [-0.2, -0.15) is 0 Å². The summed E-state index contributed by atoms with van der Waals surface area (Å²) in [6.45, 7) is 0.933. The van der Waals surface area contributed by atoms with Gasteiger partial charge in [-0.25, -0.2) is 4.98 Å². The minimum absolute atomic E-state index is 0.110. The Kier molecular flexibility index (Phi) is 2.14. The Bertz CT molecular complexity index is 423. The van der Waals surface area contributed by atoms with Gasteiger partial charge in [0, 0.05) is 6.54 Å². The molecule has 2 fully saturated rings. The summed E-state index contributed by atoms with van der Waals surface area (Å²) in [6, 6.07) is 0. The van der Waals surface area contributed by atoms with Crippen molar-refractivity contribution in [2.75, 3.05) is 11.9 Å². The van der Waals surface area contributed by atoms with E-state index >= 15 is 0 Å². The van der Waals surface area contributed by atoms with Gasteiger partial charge in [0.25, 0.3) is 0 Å². The minimum atomic E-state index is -0.392. The second-order valence-corrected chi connectivity index (χ2v) is 5.76. The van der Waals surface area contributed by atoms with E-state index in [1.54, 1.807) is 0 Å². The first kappa shape index (κ1) is 10.0. The van der Waals surface area contributed by atoms with E-state index in [1.807, 2.05) is 0 Å². The highest BCUT2D eigenvalue weighted by molar-refractivity contribution is 7.18. The third-order valence-electron chi connectivity index (χ3n) is 3.60. The molecule has 2 aliphatic carbocycles. The molecule has 2 aliphatic rings. The molecule has 0 amide bonds. The van der Waals surface area contributed by atoms with Gasteiger partial charge in [-0.05, 0) is 48.4 Å². The van der Waals surface area contributed by atoms with Crippen molar-refractivity contribution in [2.45, 2.75) is 25.7 Å². The van der Waals surface area contributed by atoms with Crippen molar-refractivity contribution in [3.05, 3.63) is 16.3 Å². The summed E-state index contributed by atoms with van der Waals surface area (Å²) in [5, 5.41) is 14.5. The van der Waals surface area contributed by atoms with Gasteiger partial charge >= 0.3 is 5.00 Å². The van der Waals surface area contributed by atoms with Crippen LogP contribution >= 0.6 is 11.3 Å². The number of nitro groups is 1. The van der Waals surface area contributed by atoms with Crippen molar-refractivity contribution in [3.8, 4) is 0 Å². The SMILES string of the molecule is O=[N+]([O-])c1cnc(NCC2(C3CC3)CC2)s1. The average molecular weight is 239 g/mol. The van der Waals surface area contributed by atoms with Crippen molar-refractivity contribution in [2.24, 2.45) is 11.3 Å². The molecule has 3 rings (SSSR count). The fourth-order valence-corrected chi connectivity index (χ4v) is 2.90. The van der Waals surface area contributed by atoms with Gasteiger partial charge in [0.15, 0.2) is 5.13 Å². The molecule has 0 radical (unpaired) electrons. The first-order valence-corrected chi connectivity index (χ1v) is 6.35. The lowest BCUT2D eigenvalue weighted by Gasteiger charge is -2.13. The molecule has 0 aromatic carbocycles. The van der Waals surface area contributed by atoms with E-state index in [1.165, 1.54) is 31.9 Å². The average Bonchev–Trinajstić information content (AvgIpc) is 3.13. The van der Waals surface area contributed by atoms with Crippen molar-refractivity contribution in [1.29, 1.82) is 0 Å². The molecule has 0 unspecified atom stereocenters. The summed E-state index contributed by atoms with van der Waals surface area (Å²) < 4.78 is 0. The number of nitrogens with one attached hydrogen (secondary N) is 1. The standard InChI is InChI=1S/C10H13N3O2S/c14-13(15)8-5-11-9(16-8)12-6-10(3-4-10)7-1-2-7/h5,7H,1-4,6H2,(H,11,12). The molecular weight excluding hydrogens is 226 g/mol. The molecule has 86 valence electrons. The van der Waals surface area contributed by atoms with Crippen LogP contribution in [0.1, 0.15) is 25.7 Å². The topological polar surface area (TPSA) is 68.1 Å². The Morgan fingerprint density at radius 3 is 2.88 bits per heavy atom. The Hall–Kier alpha value is -1.17. The third kappa shape index (κ3) is 1.77. The van der Waals surface area contributed by atoms with Crippen molar-refractivity contribution < 1.29 is 4.92 Å². The lowest BCUT2D eigenvalue weighted by atomic mass is 10.0. The molecule has 1 heterocycles. The number of rotatable bonds is 5. The van der Waals surface area contributed by atoms with Crippen LogP contribution < -0.4 is 5.32 Å². The highest BCUT2D eigenvalue weighted by Gasteiger charge is 2.53. The van der Waals surface area contributed by atoms with Crippen molar-refractivity contribution in [3.63, 3.8) is 0 Å². The van der Waals surface area contributed by atoms with Gasteiger partial charge in [-0.3, -0.25) is 10.1 Å². The number of aromatic nitrogens is 1. The zero-order valence-corrected chi connectivity index (χ0v) is 9.63. The summed E-state index contributed by atoms with van der Waals surface area (Å²) in [4.78, 5) is 14.1. The van der Waals surface area contributed by atoms with Crippen LogP contribution in [0.5, 0.6) is 0 Å².